The van der Waals surface area contributed by atoms with Crippen LogP contribution in [0.25, 0.3) is 0 Å². The fourth-order valence-corrected chi connectivity index (χ4v) is 1.10. The Kier molecular flexibility index (Phi) is 5.28. The quantitative estimate of drug-likeness (QED) is 0.584. The molecule has 0 aromatic carbocycles. The minimum Gasteiger partial charge on any atom is -0.359 e. The van der Waals surface area contributed by atoms with Gasteiger partial charge in [0.1, 0.15) is 0 Å². The first-order valence-electron chi connectivity index (χ1n) is 5.04. The number of nitrogens with one attached hydrogen (secondary N) is 2. The topological polar surface area (TPSA) is 84.2 Å². The van der Waals surface area contributed by atoms with Gasteiger partial charge >= 0.3 is 0 Å². The highest BCUT2D eigenvalue weighted by Crippen LogP contribution is 2.13. The summed E-state index contributed by atoms with van der Waals surface area (Å²) in [6.07, 6.45) is 0.282. The number of hydrogen-bond acceptors (Lipinski definition) is 3. The third-order valence-corrected chi connectivity index (χ3v) is 2.08. The average molecular weight is 215 g/mol. The molecule has 15 heavy (non-hydrogen) atoms. The van der Waals surface area contributed by atoms with Crippen molar-refractivity contribution in [3.63, 3.8) is 0 Å². The summed E-state index contributed by atoms with van der Waals surface area (Å²) in [5, 5.41) is 5.24. The number of carbonyl (C=O) groups is 2. The number of nitrogens with two attached hydrogens (primary N) is 1. The lowest BCUT2D eigenvalue weighted by atomic mass is 9.92. The van der Waals surface area contributed by atoms with Crippen LogP contribution in [-0.4, -0.2) is 31.4 Å². The predicted octanol–water partition coefficient (Wildman–Crippen LogP) is -0.388. The van der Waals surface area contributed by atoms with E-state index in [1.807, 2.05) is 0 Å². The average Bonchev–Trinajstić information content (AvgIpc) is 2.12. The molecular weight excluding hydrogens is 194 g/mol. The highest BCUT2D eigenvalue weighted by Gasteiger charge is 2.26. The van der Waals surface area contributed by atoms with Gasteiger partial charge < -0.3 is 16.4 Å². The van der Waals surface area contributed by atoms with Gasteiger partial charge in [-0.3, -0.25) is 9.59 Å². The monoisotopic (exact) mass is 215 g/mol. The summed E-state index contributed by atoms with van der Waals surface area (Å²) in [7, 11) is 1.58. The van der Waals surface area contributed by atoms with Crippen LogP contribution in [0.3, 0.4) is 0 Å². The van der Waals surface area contributed by atoms with Crippen LogP contribution in [0.5, 0.6) is 0 Å². The summed E-state index contributed by atoms with van der Waals surface area (Å²) in [6, 6.07) is -0.159. The number of carbonyl (C=O) groups excluding carboxylic acids is 2. The van der Waals surface area contributed by atoms with Crippen molar-refractivity contribution in [1.82, 2.24) is 10.6 Å². The summed E-state index contributed by atoms with van der Waals surface area (Å²) in [4.78, 5) is 22.7. The molecule has 0 aliphatic heterocycles. The highest BCUT2D eigenvalue weighted by atomic mass is 16.2. The van der Waals surface area contributed by atoms with Crippen LogP contribution in [0.15, 0.2) is 0 Å². The van der Waals surface area contributed by atoms with Gasteiger partial charge in [-0.05, 0) is 20.8 Å². The van der Waals surface area contributed by atoms with Gasteiger partial charge in [0, 0.05) is 26.1 Å². The smallest absolute Gasteiger partial charge is 0.227 e. The van der Waals surface area contributed by atoms with E-state index in [2.05, 4.69) is 10.6 Å². The summed E-state index contributed by atoms with van der Waals surface area (Å²) in [5.74, 6) is -0.217. The Balaban J connectivity index is 4.04. The Bertz CT molecular complexity index is 237. The van der Waals surface area contributed by atoms with Gasteiger partial charge in [-0.15, -0.1) is 0 Å². The summed E-state index contributed by atoms with van der Waals surface area (Å²) >= 11 is 0. The van der Waals surface area contributed by atoms with Crippen molar-refractivity contribution in [2.75, 3.05) is 13.6 Å². The van der Waals surface area contributed by atoms with E-state index in [1.165, 1.54) is 0 Å². The van der Waals surface area contributed by atoms with E-state index < -0.39 is 5.41 Å². The molecule has 0 saturated heterocycles. The summed E-state index contributed by atoms with van der Waals surface area (Å²) in [5.41, 5.74) is 4.88. The van der Waals surface area contributed by atoms with Crippen molar-refractivity contribution in [3.05, 3.63) is 0 Å². The molecule has 5 heteroatoms. The molecule has 0 heterocycles. The first-order chi connectivity index (χ1) is 6.79. The lowest BCUT2D eigenvalue weighted by molar-refractivity contribution is -0.129. The van der Waals surface area contributed by atoms with Crippen molar-refractivity contribution < 1.29 is 9.59 Å². The van der Waals surface area contributed by atoms with E-state index in [4.69, 9.17) is 5.73 Å². The third kappa shape index (κ3) is 5.37. The Morgan fingerprint density at radius 1 is 1.40 bits per heavy atom. The van der Waals surface area contributed by atoms with Gasteiger partial charge in [-0.25, -0.2) is 0 Å². The van der Waals surface area contributed by atoms with E-state index in [0.717, 1.165) is 0 Å². The van der Waals surface area contributed by atoms with E-state index in [1.54, 1.807) is 27.8 Å². The van der Waals surface area contributed by atoms with Crippen molar-refractivity contribution in [2.24, 2.45) is 11.1 Å². The van der Waals surface area contributed by atoms with Crippen LogP contribution >= 0.6 is 0 Å². The molecule has 0 aliphatic carbocycles. The van der Waals surface area contributed by atoms with Crippen molar-refractivity contribution in [3.8, 4) is 0 Å². The Morgan fingerprint density at radius 2 is 1.93 bits per heavy atom. The molecule has 0 saturated carbocycles. The molecule has 0 aromatic heterocycles. The second-order valence-electron chi connectivity index (χ2n) is 4.42. The zero-order valence-corrected chi connectivity index (χ0v) is 9.89. The molecular formula is C10H21N3O2. The SMILES string of the molecule is CNC(=O)C(C)(C)CNC(=O)CC(C)N. The maximum atomic E-state index is 11.4. The Hall–Kier alpha value is -1.10. The highest BCUT2D eigenvalue weighted by molar-refractivity contribution is 5.83. The fraction of sp³-hybridized carbons (Fsp3) is 0.800. The lowest BCUT2D eigenvalue weighted by Gasteiger charge is -2.23. The zero-order valence-electron chi connectivity index (χ0n) is 9.89. The molecule has 0 radical (unpaired) electrons. The molecule has 1 atom stereocenters. The van der Waals surface area contributed by atoms with E-state index in [0.29, 0.717) is 6.54 Å². The van der Waals surface area contributed by atoms with E-state index in [-0.39, 0.29) is 24.3 Å². The normalized spacial score (nSPS) is 13.1. The minimum atomic E-state index is -0.595. The molecule has 0 bridgehead atoms. The van der Waals surface area contributed by atoms with Gasteiger partial charge in [0.15, 0.2) is 0 Å². The maximum absolute atomic E-state index is 11.4. The first kappa shape index (κ1) is 13.9. The largest absolute Gasteiger partial charge is 0.359 e. The molecule has 0 fully saturated rings. The molecule has 5 nitrogen and oxygen atoms in total. The standard InChI is InChI=1S/C10H21N3O2/c1-7(11)5-8(14)13-6-10(2,3)9(15)12-4/h7H,5-6,11H2,1-4H3,(H,12,15)(H,13,14). The van der Waals surface area contributed by atoms with Crippen molar-refractivity contribution in [2.45, 2.75) is 33.2 Å². The molecule has 2 amide bonds. The minimum absolute atomic E-state index is 0.0939. The van der Waals surface area contributed by atoms with Crippen LogP contribution in [0.2, 0.25) is 0 Å². The van der Waals surface area contributed by atoms with Gasteiger partial charge in [0.2, 0.25) is 11.8 Å². The third-order valence-electron chi connectivity index (χ3n) is 2.08. The van der Waals surface area contributed by atoms with Crippen LogP contribution in [0.1, 0.15) is 27.2 Å². The van der Waals surface area contributed by atoms with Crippen LogP contribution in [0.4, 0.5) is 0 Å². The van der Waals surface area contributed by atoms with E-state index >= 15 is 0 Å². The zero-order chi connectivity index (χ0) is 12.1. The molecule has 4 N–H and O–H groups in total. The van der Waals surface area contributed by atoms with Crippen molar-refractivity contribution >= 4 is 11.8 Å². The predicted molar refractivity (Wildman–Crippen MR) is 59.1 cm³/mol. The van der Waals surface area contributed by atoms with Crippen LogP contribution in [-0.2, 0) is 9.59 Å². The molecule has 0 aromatic rings. The molecule has 0 aliphatic rings. The van der Waals surface area contributed by atoms with Gasteiger partial charge in [-0.1, -0.05) is 0 Å². The lowest BCUT2D eigenvalue weighted by Crippen LogP contribution is -2.44. The van der Waals surface area contributed by atoms with Crippen LogP contribution in [0, 0.1) is 5.41 Å². The number of amides is 2. The number of rotatable bonds is 5. The first-order valence-corrected chi connectivity index (χ1v) is 5.04. The molecule has 88 valence electrons. The summed E-state index contributed by atoms with van der Waals surface area (Å²) < 4.78 is 0. The Labute approximate surface area is 90.8 Å². The number of hydrogen-bond donors (Lipinski definition) is 3. The van der Waals surface area contributed by atoms with Crippen LogP contribution < -0.4 is 16.4 Å². The molecule has 0 spiro atoms. The summed E-state index contributed by atoms with van der Waals surface area (Å²) in [6.45, 7) is 5.64. The van der Waals surface area contributed by atoms with Gasteiger partial charge in [-0.2, -0.15) is 0 Å². The second-order valence-corrected chi connectivity index (χ2v) is 4.42. The second kappa shape index (κ2) is 5.70. The molecule has 1 unspecified atom stereocenters. The van der Waals surface area contributed by atoms with E-state index in [9.17, 15) is 9.59 Å². The molecule has 0 rings (SSSR count). The van der Waals surface area contributed by atoms with Crippen molar-refractivity contribution in [1.29, 1.82) is 0 Å². The fourth-order valence-electron chi connectivity index (χ4n) is 1.10. The Morgan fingerprint density at radius 3 is 2.33 bits per heavy atom. The maximum Gasteiger partial charge on any atom is 0.227 e. The van der Waals surface area contributed by atoms with Gasteiger partial charge in [0.25, 0.3) is 0 Å². The van der Waals surface area contributed by atoms with Gasteiger partial charge in [0.05, 0.1) is 5.41 Å².